The van der Waals surface area contributed by atoms with Gasteiger partial charge in [-0.1, -0.05) is 12.1 Å². The van der Waals surface area contributed by atoms with Gasteiger partial charge in [0.05, 0.1) is 17.1 Å². The lowest BCUT2D eigenvalue weighted by molar-refractivity contribution is -0.143. The van der Waals surface area contributed by atoms with Crippen LogP contribution < -0.4 is 0 Å². The second-order valence-corrected chi connectivity index (χ2v) is 7.15. The maximum absolute atomic E-state index is 13.7. The molecule has 27 heavy (non-hydrogen) atoms. The predicted molar refractivity (Wildman–Crippen MR) is 96.5 cm³/mol. The van der Waals surface area contributed by atoms with Crippen molar-refractivity contribution in [2.24, 2.45) is 0 Å². The molecule has 2 aliphatic rings. The van der Waals surface area contributed by atoms with Crippen molar-refractivity contribution < 1.29 is 18.3 Å². The molecule has 146 valence electrons. The van der Waals surface area contributed by atoms with Crippen molar-refractivity contribution >= 4 is 16.9 Å². The third-order valence-corrected chi connectivity index (χ3v) is 5.57. The summed E-state index contributed by atoms with van der Waals surface area (Å²) in [6.45, 7) is 2.33. The minimum absolute atomic E-state index is 0.0552. The van der Waals surface area contributed by atoms with E-state index in [4.69, 9.17) is 4.74 Å². The number of imidazole rings is 1. The van der Waals surface area contributed by atoms with Crippen LogP contribution in [-0.4, -0.2) is 64.1 Å². The van der Waals surface area contributed by atoms with Gasteiger partial charge in [0.25, 0.3) is 5.91 Å². The molecule has 2 atom stereocenters. The first-order valence-electron chi connectivity index (χ1n) is 9.45. The highest BCUT2D eigenvalue weighted by atomic mass is 19.3. The van der Waals surface area contributed by atoms with Crippen LogP contribution in [0.2, 0.25) is 0 Å². The Labute approximate surface area is 156 Å². The van der Waals surface area contributed by atoms with Crippen molar-refractivity contribution in [1.29, 1.82) is 0 Å². The number of para-hydroxylation sites is 2. The third-order valence-electron chi connectivity index (χ3n) is 5.57. The van der Waals surface area contributed by atoms with Crippen LogP contribution in [0.25, 0.3) is 11.0 Å². The molecule has 0 radical (unpaired) electrons. The van der Waals surface area contributed by atoms with E-state index >= 15 is 0 Å². The van der Waals surface area contributed by atoms with E-state index in [1.165, 1.54) is 0 Å². The van der Waals surface area contributed by atoms with E-state index in [1.807, 2.05) is 11.8 Å². The van der Waals surface area contributed by atoms with Crippen molar-refractivity contribution in [3.63, 3.8) is 0 Å². The number of aromatic nitrogens is 2. The first-order valence-corrected chi connectivity index (χ1v) is 9.45. The van der Waals surface area contributed by atoms with Crippen LogP contribution >= 0.6 is 0 Å². The van der Waals surface area contributed by atoms with E-state index in [2.05, 4.69) is 9.88 Å². The zero-order valence-electron chi connectivity index (χ0n) is 15.4. The van der Waals surface area contributed by atoms with E-state index in [0.29, 0.717) is 49.6 Å². The van der Waals surface area contributed by atoms with Gasteiger partial charge in [-0.05, 0) is 31.9 Å². The molecule has 1 amide bonds. The van der Waals surface area contributed by atoms with Gasteiger partial charge in [-0.25, -0.2) is 4.98 Å². The third kappa shape index (κ3) is 3.43. The first-order chi connectivity index (χ1) is 13.1. The van der Waals surface area contributed by atoms with E-state index in [-0.39, 0.29) is 18.1 Å². The van der Waals surface area contributed by atoms with E-state index in [0.717, 1.165) is 17.4 Å². The van der Waals surface area contributed by atoms with Gasteiger partial charge in [0.15, 0.2) is 0 Å². The Morgan fingerprint density at radius 1 is 1.22 bits per heavy atom. The van der Waals surface area contributed by atoms with Crippen LogP contribution in [0.1, 0.15) is 38.2 Å². The Morgan fingerprint density at radius 3 is 2.63 bits per heavy atom. The number of fused-ring (bicyclic) bond motifs is 1. The monoisotopic (exact) mass is 378 g/mol. The average molecular weight is 378 g/mol. The Hall–Kier alpha value is -2.06. The number of hydrogen-bond acceptors (Lipinski definition) is 4. The molecule has 0 spiro atoms. The molecular formula is C19H24F2N4O2. The molecule has 6 nitrogen and oxygen atoms in total. The maximum atomic E-state index is 13.7. The molecule has 1 aromatic carbocycles. The summed E-state index contributed by atoms with van der Waals surface area (Å²) in [7, 11) is 0. The summed E-state index contributed by atoms with van der Waals surface area (Å²) < 4.78 is 33.9. The maximum Gasteiger partial charge on any atom is 0.320 e. The lowest BCUT2D eigenvalue weighted by Gasteiger charge is -2.38. The standard InChI is InChI=1S/C19H24F2N4O2/c1-13(17-22-14-5-2-3-6-15(14)25(17)19(20)21)23-8-10-24(11-9-23)18(26)16-7-4-12-27-16/h2-3,5-6,13,16,19H,4,7-12H2,1H3. The SMILES string of the molecule is CC(c1nc2ccccc2n1C(F)F)N1CCN(C(=O)C2CCCO2)CC1. The molecule has 2 unspecified atom stereocenters. The first kappa shape index (κ1) is 18.3. The van der Waals surface area contributed by atoms with Crippen LogP contribution in [0.4, 0.5) is 8.78 Å². The van der Waals surface area contributed by atoms with E-state index in [1.54, 1.807) is 24.3 Å². The highest BCUT2D eigenvalue weighted by Crippen LogP contribution is 2.30. The van der Waals surface area contributed by atoms with Gasteiger partial charge in [-0.2, -0.15) is 8.78 Å². The van der Waals surface area contributed by atoms with E-state index in [9.17, 15) is 13.6 Å². The number of carbonyl (C=O) groups is 1. The summed E-state index contributed by atoms with van der Waals surface area (Å²) >= 11 is 0. The molecule has 2 saturated heterocycles. The number of halogens is 2. The molecule has 4 rings (SSSR count). The summed E-state index contributed by atoms with van der Waals surface area (Å²) in [5.41, 5.74) is 1.02. The number of hydrogen-bond donors (Lipinski definition) is 0. The molecule has 0 saturated carbocycles. The van der Waals surface area contributed by atoms with Crippen molar-refractivity contribution in [2.45, 2.75) is 38.5 Å². The largest absolute Gasteiger partial charge is 0.368 e. The van der Waals surface area contributed by atoms with Gasteiger partial charge < -0.3 is 9.64 Å². The molecular weight excluding hydrogens is 354 g/mol. The second kappa shape index (κ2) is 7.52. The molecule has 0 bridgehead atoms. The van der Waals surface area contributed by atoms with Crippen LogP contribution in [0, 0.1) is 0 Å². The Morgan fingerprint density at radius 2 is 1.96 bits per heavy atom. The van der Waals surface area contributed by atoms with Crippen molar-refractivity contribution in [2.75, 3.05) is 32.8 Å². The molecule has 0 aliphatic carbocycles. The number of carbonyl (C=O) groups excluding carboxylic acids is 1. The lowest BCUT2D eigenvalue weighted by atomic mass is 10.1. The van der Waals surface area contributed by atoms with Crippen LogP contribution in [0.3, 0.4) is 0 Å². The number of nitrogens with zero attached hydrogens (tertiary/aromatic N) is 4. The van der Waals surface area contributed by atoms with Crippen LogP contribution in [0.5, 0.6) is 0 Å². The quantitative estimate of drug-likeness (QED) is 0.821. The fraction of sp³-hybridized carbons (Fsp3) is 0.579. The summed E-state index contributed by atoms with van der Waals surface area (Å²) in [6, 6.07) is 6.71. The highest BCUT2D eigenvalue weighted by molar-refractivity contribution is 5.81. The van der Waals surface area contributed by atoms with Gasteiger partial charge in [0.1, 0.15) is 11.9 Å². The number of alkyl halides is 2. The molecule has 1 aromatic heterocycles. The van der Waals surface area contributed by atoms with E-state index < -0.39 is 6.55 Å². The Kier molecular flexibility index (Phi) is 5.10. The number of piperazine rings is 1. The van der Waals surface area contributed by atoms with Gasteiger partial charge in [0.2, 0.25) is 0 Å². The molecule has 2 aliphatic heterocycles. The molecule has 2 aromatic rings. The molecule has 3 heterocycles. The van der Waals surface area contributed by atoms with Gasteiger partial charge in [0, 0.05) is 32.8 Å². The summed E-state index contributed by atoms with van der Waals surface area (Å²) in [5, 5.41) is 0. The zero-order chi connectivity index (χ0) is 19.0. The summed E-state index contributed by atoms with van der Waals surface area (Å²) in [6.07, 6.45) is 1.41. The Bertz CT molecular complexity index is 811. The number of ether oxygens (including phenoxy) is 1. The Balaban J connectivity index is 1.48. The van der Waals surface area contributed by atoms with Crippen LogP contribution in [0.15, 0.2) is 24.3 Å². The smallest absolute Gasteiger partial charge is 0.320 e. The minimum Gasteiger partial charge on any atom is -0.368 e. The topological polar surface area (TPSA) is 50.6 Å². The normalized spacial score (nSPS) is 22.7. The number of amides is 1. The highest BCUT2D eigenvalue weighted by Gasteiger charge is 2.33. The molecule has 2 fully saturated rings. The second-order valence-electron chi connectivity index (χ2n) is 7.15. The number of rotatable bonds is 4. The summed E-state index contributed by atoms with van der Waals surface area (Å²) in [4.78, 5) is 20.9. The average Bonchev–Trinajstić information content (AvgIpc) is 3.34. The minimum atomic E-state index is -2.64. The van der Waals surface area contributed by atoms with Gasteiger partial charge >= 0.3 is 6.55 Å². The van der Waals surface area contributed by atoms with Crippen molar-refractivity contribution in [3.8, 4) is 0 Å². The van der Waals surface area contributed by atoms with Gasteiger partial charge in [-0.3, -0.25) is 14.3 Å². The molecule has 8 heteroatoms. The van der Waals surface area contributed by atoms with Crippen LogP contribution in [-0.2, 0) is 9.53 Å². The van der Waals surface area contributed by atoms with Crippen molar-refractivity contribution in [3.05, 3.63) is 30.1 Å². The molecule has 0 N–H and O–H groups in total. The fourth-order valence-electron chi connectivity index (χ4n) is 4.03. The number of benzene rings is 1. The summed E-state index contributed by atoms with van der Waals surface area (Å²) in [5.74, 6) is 0.421. The van der Waals surface area contributed by atoms with Gasteiger partial charge in [-0.15, -0.1) is 0 Å². The fourth-order valence-corrected chi connectivity index (χ4v) is 4.03. The lowest BCUT2D eigenvalue weighted by Crippen LogP contribution is -2.52. The van der Waals surface area contributed by atoms with Crippen molar-refractivity contribution in [1.82, 2.24) is 19.4 Å². The zero-order valence-corrected chi connectivity index (χ0v) is 15.4. The predicted octanol–water partition coefficient (Wildman–Crippen LogP) is 2.82.